The molecular formula is C14H33NOSi. The molecule has 104 valence electrons. The summed E-state index contributed by atoms with van der Waals surface area (Å²) in [6, 6.07) is 0. The Kier molecular flexibility index (Phi) is 10.2. The third-order valence-corrected chi connectivity index (χ3v) is 7.49. The molecule has 2 nitrogen and oxygen atoms in total. The van der Waals surface area contributed by atoms with Crippen LogP contribution in [0.25, 0.3) is 0 Å². The van der Waals surface area contributed by atoms with Gasteiger partial charge in [-0.3, -0.25) is 0 Å². The fraction of sp³-hybridized carbons (Fsp3) is 1.00. The summed E-state index contributed by atoms with van der Waals surface area (Å²) in [5.74, 6) is 0. The van der Waals surface area contributed by atoms with E-state index in [1.165, 1.54) is 44.9 Å². The molecule has 0 fully saturated rings. The first kappa shape index (κ1) is 17.1. The van der Waals surface area contributed by atoms with Gasteiger partial charge in [0, 0.05) is 6.61 Å². The van der Waals surface area contributed by atoms with E-state index in [1.807, 2.05) is 0 Å². The summed E-state index contributed by atoms with van der Waals surface area (Å²) in [6.45, 7) is 10.9. The standard InChI is InChI=1S/C14H33NOSi/c1-5-16-17(3,4)14(2)12-10-8-6-7-9-11-13-15/h14H,5-13,15H2,1-4H3. The number of nitrogens with two attached hydrogens (primary N) is 1. The predicted octanol–water partition coefficient (Wildman–Crippen LogP) is 4.31. The van der Waals surface area contributed by atoms with E-state index in [-0.39, 0.29) is 0 Å². The zero-order valence-corrected chi connectivity index (χ0v) is 13.4. The molecule has 0 aromatic rings. The Morgan fingerprint density at radius 3 is 2.06 bits per heavy atom. The molecule has 1 unspecified atom stereocenters. The number of unbranched alkanes of at least 4 members (excludes halogenated alkanes) is 5. The van der Waals surface area contributed by atoms with E-state index in [2.05, 4.69) is 26.9 Å². The van der Waals surface area contributed by atoms with Crippen molar-refractivity contribution >= 4 is 8.32 Å². The molecule has 0 saturated carbocycles. The third kappa shape index (κ3) is 8.81. The normalized spacial score (nSPS) is 13.9. The molecule has 3 heteroatoms. The number of rotatable bonds is 11. The topological polar surface area (TPSA) is 35.2 Å². The lowest BCUT2D eigenvalue weighted by Crippen LogP contribution is -2.35. The van der Waals surface area contributed by atoms with Crippen LogP contribution >= 0.6 is 0 Å². The zero-order chi connectivity index (χ0) is 13.1. The maximum absolute atomic E-state index is 5.93. The van der Waals surface area contributed by atoms with Gasteiger partial charge >= 0.3 is 0 Å². The molecule has 0 amide bonds. The van der Waals surface area contributed by atoms with Gasteiger partial charge < -0.3 is 10.2 Å². The lowest BCUT2D eigenvalue weighted by molar-refractivity contribution is 0.318. The molecule has 0 aliphatic carbocycles. The Bertz CT molecular complexity index is 174. The highest BCUT2D eigenvalue weighted by Crippen LogP contribution is 2.28. The fourth-order valence-electron chi connectivity index (χ4n) is 2.16. The average molecular weight is 260 g/mol. The number of hydrogen-bond acceptors (Lipinski definition) is 2. The van der Waals surface area contributed by atoms with Crippen molar-refractivity contribution < 1.29 is 4.43 Å². The maximum atomic E-state index is 5.93. The SMILES string of the molecule is CCO[Si](C)(C)C(C)CCCCCCCCN. The smallest absolute Gasteiger partial charge is 0.189 e. The largest absolute Gasteiger partial charge is 0.417 e. The molecule has 0 heterocycles. The van der Waals surface area contributed by atoms with Crippen LogP contribution in [0.4, 0.5) is 0 Å². The maximum Gasteiger partial charge on any atom is 0.189 e. The molecule has 0 radical (unpaired) electrons. The minimum Gasteiger partial charge on any atom is -0.417 e. The summed E-state index contributed by atoms with van der Waals surface area (Å²) in [4.78, 5) is 0. The van der Waals surface area contributed by atoms with E-state index in [0.717, 1.165) is 18.7 Å². The van der Waals surface area contributed by atoms with Crippen molar-refractivity contribution in [3.05, 3.63) is 0 Å². The Balaban J connectivity index is 3.47. The number of hydrogen-bond donors (Lipinski definition) is 1. The van der Waals surface area contributed by atoms with Crippen LogP contribution in [0, 0.1) is 0 Å². The van der Waals surface area contributed by atoms with E-state index < -0.39 is 8.32 Å². The fourth-order valence-corrected chi connectivity index (χ4v) is 4.09. The molecule has 0 saturated heterocycles. The molecule has 0 spiro atoms. The van der Waals surface area contributed by atoms with Gasteiger partial charge in [-0.1, -0.05) is 45.4 Å². The summed E-state index contributed by atoms with van der Waals surface area (Å²) in [7, 11) is -1.40. The molecule has 1 atom stereocenters. The van der Waals surface area contributed by atoms with Crippen LogP contribution in [0.15, 0.2) is 0 Å². The quantitative estimate of drug-likeness (QED) is 0.443. The van der Waals surface area contributed by atoms with Crippen molar-refractivity contribution in [2.75, 3.05) is 13.2 Å². The van der Waals surface area contributed by atoms with Gasteiger partial charge in [-0.2, -0.15) is 0 Å². The molecule has 0 aromatic carbocycles. The van der Waals surface area contributed by atoms with Crippen LogP contribution in [0.3, 0.4) is 0 Å². The highest BCUT2D eigenvalue weighted by Gasteiger charge is 2.28. The predicted molar refractivity (Wildman–Crippen MR) is 79.9 cm³/mol. The zero-order valence-electron chi connectivity index (χ0n) is 12.4. The van der Waals surface area contributed by atoms with Gasteiger partial charge in [-0.25, -0.2) is 0 Å². The summed E-state index contributed by atoms with van der Waals surface area (Å²) in [5.41, 5.74) is 6.26. The van der Waals surface area contributed by atoms with Crippen molar-refractivity contribution in [3.63, 3.8) is 0 Å². The van der Waals surface area contributed by atoms with Gasteiger partial charge in [-0.05, 0) is 38.5 Å². The second-order valence-corrected chi connectivity index (χ2v) is 10.1. The van der Waals surface area contributed by atoms with Crippen molar-refractivity contribution in [3.8, 4) is 0 Å². The van der Waals surface area contributed by atoms with Gasteiger partial charge in [-0.15, -0.1) is 0 Å². The van der Waals surface area contributed by atoms with Gasteiger partial charge in [0.15, 0.2) is 8.32 Å². The lowest BCUT2D eigenvalue weighted by Gasteiger charge is -2.29. The van der Waals surface area contributed by atoms with Crippen LogP contribution in [0.5, 0.6) is 0 Å². The first-order chi connectivity index (χ1) is 8.04. The summed E-state index contributed by atoms with van der Waals surface area (Å²) in [6.07, 6.45) is 9.34. The summed E-state index contributed by atoms with van der Waals surface area (Å²) >= 11 is 0. The molecule has 0 rings (SSSR count). The molecule has 2 N–H and O–H groups in total. The van der Waals surface area contributed by atoms with Crippen LogP contribution in [0.1, 0.15) is 58.8 Å². The Morgan fingerprint density at radius 2 is 1.53 bits per heavy atom. The van der Waals surface area contributed by atoms with E-state index in [9.17, 15) is 0 Å². The van der Waals surface area contributed by atoms with Crippen LogP contribution in [-0.4, -0.2) is 21.5 Å². The van der Waals surface area contributed by atoms with E-state index in [0.29, 0.717) is 0 Å². The summed E-state index contributed by atoms with van der Waals surface area (Å²) in [5, 5.41) is 0. The van der Waals surface area contributed by atoms with Gasteiger partial charge in [0.05, 0.1) is 0 Å². The molecule has 17 heavy (non-hydrogen) atoms. The first-order valence-corrected chi connectivity index (χ1v) is 10.4. The van der Waals surface area contributed by atoms with Crippen molar-refractivity contribution in [1.29, 1.82) is 0 Å². The van der Waals surface area contributed by atoms with E-state index in [1.54, 1.807) is 0 Å². The minimum atomic E-state index is -1.40. The van der Waals surface area contributed by atoms with Crippen LogP contribution in [0.2, 0.25) is 18.6 Å². The Morgan fingerprint density at radius 1 is 1.00 bits per heavy atom. The minimum absolute atomic E-state index is 0.784. The lowest BCUT2D eigenvalue weighted by atomic mass is 10.1. The van der Waals surface area contributed by atoms with Crippen LogP contribution < -0.4 is 5.73 Å². The Labute approximate surface area is 109 Å². The highest BCUT2D eigenvalue weighted by atomic mass is 28.4. The van der Waals surface area contributed by atoms with Gasteiger partial charge in [0.25, 0.3) is 0 Å². The Hall–Kier alpha value is 0.137. The van der Waals surface area contributed by atoms with Crippen molar-refractivity contribution in [1.82, 2.24) is 0 Å². The second-order valence-electron chi connectivity index (χ2n) is 5.64. The molecule has 0 aliphatic rings. The monoisotopic (exact) mass is 259 g/mol. The average Bonchev–Trinajstić information content (AvgIpc) is 2.27. The third-order valence-electron chi connectivity index (χ3n) is 3.79. The van der Waals surface area contributed by atoms with Crippen LogP contribution in [-0.2, 0) is 4.43 Å². The first-order valence-electron chi connectivity index (χ1n) is 7.38. The molecular weight excluding hydrogens is 226 g/mol. The van der Waals surface area contributed by atoms with Gasteiger partial charge in [0.2, 0.25) is 0 Å². The molecule has 0 aliphatic heterocycles. The molecule has 0 aromatic heterocycles. The van der Waals surface area contributed by atoms with Gasteiger partial charge in [0.1, 0.15) is 0 Å². The van der Waals surface area contributed by atoms with E-state index in [4.69, 9.17) is 10.2 Å². The van der Waals surface area contributed by atoms with Crippen molar-refractivity contribution in [2.24, 2.45) is 5.73 Å². The molecule has 0 bridgehead atoms. The highest BCUT2D eigenvalue weighted by molar-refractivity contribution is 6.72. The van der Waals surface area contributed by atoms with Crippen molar-refractivity contribution in [2.45, 2.75) is 77.4 Å². The summed E-state index contributed by atoms with van der Waals surface area (Å²) < 4.78 is 5.93. The van der Waals surface area contributed by atoms with E-state index >= 15 is 0 Å². The second kappa shape index (κ2) is 10.1.